The van der Waals surface area contributed by atoms with Crippen LogP contribution in [-0.4, -0.2) is 68.0 Å². The van der Waals surface area contributed by atoms with Crippen LogP contribution in [0.1, 0.15) is 0 Å². The van der Waals surface area contributed by atoms with E-state index >= 15 is 0 Å². The molecular formula is C21H19O11-. The van der Waals surface area contributed by atoms with Gasteiger partial charge < -0.3 is 49.6 Å². The van der Waals surface area contributed by atoms with Gasteiger partial charge in [0.05, 0.1) is 6.61 Å². The highest BCUT2D eigenvalue weighted by atomic mass is 16.7. The van der Waals surface area contributed by atoms with Gasteiger partial charge in [-0.25, -0.2) is 0 Å². The molecule has 0 unspecified atom stereocenters. The van der Waals surface area contributed by atoms with E-state index in [9.17, 15) is 40.5 Å². The van der Waals surface area contributed by atoms with E-state index in [1.807, 2.05) is 0 Å². The lowest BCUT2D eigenvalue weighted by molar-refractivity contribution is -0.277. The number of fused-ring (bicyclic) bond motifs is 1. The molecule has 2 heterocycles. The Morgan fingerprint density at radius 2 is 1.72 bits per heavy atom. The Morgan fingerprint density at radius 3 is 2.41 bits per heavy atom. The van der Waals surface area contributed by atoms with E-state index < -0.39 is 60.0 Å². The van der Waals surface area contributed by atoms with E-state index in [1.165, 1.54) is 12.1 Å². The van der Waals surface area contributed by atoms with Gasteiger partial charge in [-0.05, 0) is 6.07 Å². The fourth-order valence-corrected chi connectivity index (χ4v) is 3.42. The topological polar surface area (TPSA) is 193 Å². The fraction of sp³-hybridized carbons (Fsp3) is 0.286. The van der Waals surface area contributed by atoms with Crippen molar-refractivity contribution in [1.82, 2.24) is 0 Å². The molecule has 2 aromatic carbocycles. The molecule has 0 bridgehead atoms. The molecule has 0 aliphatic carbocycles. The molecule has 32 heavy (non-hydrogen) atoms. The van der Waals surface area contributed by atoms with Crippen LogP contribution in [0.25, 0.3) is 22.3 Å². The minimum Gasteiger partial charge on any atom is -0.870 e. The Morgan fingerprint density at radius 1 is 0.969 bits per heavy atom. The lowest BCUT2D eigenvalue weighted by Gasteiger charge is -2.39. The van der Waals surface area contributed by atoms with Gasteiger partial charge in [0, 0.05) is 23.8 Å². The monoisotopic (exact) mass is 447 g/mol. The van der Waals surface area contributed by atoms with Crippen molar-refractivity contribution in [3.05, 3.63) is 46.6 Å². The van der Waals surface area contributed by atoms with E-state index in [-0.39, 0.29) is 28.0 Å². The zero-order valence-corrected chi connectivity index (χ0v) is 16.3. The number of phenols is 2. The van der Waals surface area contributed by atoms with Crippen LogP contribution >= 0.6 is 0 Å². The summed E-state index contributed by atoms with van der Waals surface area (Å²) < 4.78 is 16.4. The van der Waals surface area contributed by atoms with Gasteiger partial charge in [-0.15, -0.1) is 0 Å². The number of aliphatic hydroxyl groups excluding tert-OH is 4. The Bertz CT molecular complexity index is 1200. The predicted molar refractivity (Wildman–Crippen MR) is 105 cm³/mol. The molecule has 170 valence electrons. The maximum Gasteiger partial charge on any atom is 0.229 e. The molecule has 0 spiro atoms. The van der Waals surface area contributed by atoms with Gasteiger partial charge in [0.1, 0.15) is 58.4 Å². The SMILES string of the molecule is O=c1cc(-c2ccc([O-])c(O)c2)oc2cc(O[C@@H]3O[C@H](CO)[C@@H](O)[C@H](O)[C@H]3O)cc(O)c12. The highest BCUT2D eigenvalue weighted by Crippen LogP contribution is 2.34. The van der Waals surface area contributed by atoms with Crippen molar-refractivity contribution in [3.8, 4) is 34.3 Å². The first-order valence-electron chi connectivity index (χ1n) is 9.48. The second kappa shape index (κ2) is 8.30. The molecule has 5 atom stereocenters. The van der Waals surface area contributed by atoms with Crippen molar-refractivity contribution in [1.29, 1.82) is 0 Å². The highest BCUT2D eigenvalue weighted by Gasteiger charge is 2.44. The molecule has 1 saturated heterocycles. The van der Waals surface area contributed by atoms with Gasteiger partial charge in [0.15, 0.2) is 5.43 Å². The van der Waals surface area contributed by atoms with Crippen LogP contribution in [0.4, 0.5) is 0 Å². The number of hydrogen-bond donors (Lipinski definition) is 6. The molecule has 11 nitrogen and oxygen atoms in total. The first-order chi connectivity index (χ1) is 15.2. The lowest BCUT2D eigenvalue weighted by atomic mass is 9.99. The summed E-state index contributed by atoms with van der Waals surface area (Å²) in [6.45, 7) is -0.652. The van der Waals surface area contributed by atoms with Crippen molar-refractivity contribution in [2.75, 3.05) is 6.61 Å². The molecule has 1 fully saturated rings. The molecule has 6 N–H and O–H groups in total. The summed E-state index contributed by atoms with van der Waals surface area (Å²) in [6, 6.07) is 6.95. The maximum absolute atomic E-state index is 12.5. The zero-order chi connectivity index (χ0) is 23.2. The molecule has 0 radical (unpaired) electrons. The molecule has 11 heteroatoms. The van der Waals surface area contributed by atoms with Crippen molar-refractivity contribution < 1.29 is 49.6 Å². The van der Waals surface area contributed by atoms with Crippen LogP contribution in [0.5, 0.6) is 23.0 Å². The minimum absolute atomic E-state index is 0.00203. The van der Waals surface area contributed by atoms with E-state index in [2.05, 4.69) is 0 Å². The van der Waals surface area contributed by atoms with Crippen LogP contribution in [-0.2, 0) is 4.74 Å². The van der Waals surface area contributed by atoms with E-state index in [0.717, 1.165) is 24.3 Å². The fourth-order valence-electron chi connectivity index (χ4n) is 3.42. The van der Waals surface area contributed by atoms with Crippen LogP contribution in [0, 0.1) is 0 Å². The smallest absolute Gasteiger partial charge is 0.229 e. The van der Waals surface area contributed by atoms with Gasteiger partial charge in [-0.2, -0.15) is 0 Å². The van der Waals surface area contributed by atoms with Crippen LogP contribution in [0.15, 0.2) is 45.6 Å². The van der Waals surface area contributed by atoms with Crippen LogP contribution in [0.2, 0.25) is 0 Å². The predicted octanol–water partition coefficient (Wildman–Crippen LogP) is -0.877. The molecule has 0 saturated carbocycles. The number of aromatic hydroxyl groups is 2. The third-order valence-electron chi connectivity index (χ3n) is 5.13. The maximum atomic E-state index is 12.5. The van der Waals surface area contributed by atoms with Crippen molar-refractivity contribution in [2.24, 2.45) is 0 Å². The second-order valence-electron chi connectivity index (χ2n) is 7.29. The molecule has 1 aliphatic rings. The Labute approximate surface area is 179 Å². The Hall–Kier alpha value is -3.35. The average Bonchev–Trinajstić information content (AvgIpc) is 2.75. The van der Waals surface area contributed by atoms with Crippen molar-refractivity contribution in [2.45, 2.75) is 30.7 Å². The third kappa shape index (κ3) is 3.83. The molecule has 3 aromatic rings. The second-order valence-corrected chi connectivity index (χ2v) is 7.29. The summed E-state index contributed by atoms with van der Waals surface area (Å²) in [6.07, 6.45) is -7.64. The van der Waals surface area contributed by atoms with E-state index in [0.29, 0.717) is 0 Å². The largest absolute Gasteiger partial charge is 0.870 e. The summed E-state index contributed by atoms with van der Waals surface area (Å²) in [5.41, 5.74) is -0.484. The summed E-state index contributed by atoms with van der Waals surface area (Å²) in [5, 5.41) is 70.3. The van der Waals surface area contributed by atoms with E-state index in [4.69, 9.17) is 13.9 Å². The van der Waals surface area contributed by atoms with E-state index in [1.54, 1.807) is 0 Å². The minimum atomic E-state index is -1.68. The highest BCUT2D eigenvalue weighted by molar-refractivity contribution is 5.86. The third-order valence-corrected chi connectivity index (χ3v) is 5.13. The zero-order valence-electron chi connectivity index (χ0n) is 16.3. The standard InChI is InChI=1S/C21H20O11/c22-7-16-18(27)19(28)20(29)21(32-16)30-9-4-12(25)17-13(26)6-14(31-15(17)5-9)8-1-2-10(23)11(24)3-8/h1-6,16,18-25,27-29H,7H2/p-1/t16-,18-,19+,20-,21-/m1/s1. The Balaban J connectivity index is 1.72. The van der Waals surface area contributed by atoms with Gasteiger partial charge >= 0.3 is 0 Å². The summed E-state index contributed by atoms with van der Waals surface area (Å²) >= 11 is 0. The first-order valence-corrected chi connectivity index (χ1v) is 9.48. The molecule has 4 rings (SSSR count). The number of aliphatic hydroxyl groups is 4. The number of hydrogen-bond acceptors (Lipinski definition) is 11. The van der Waals surface area contributed by atoms with Gasteiger partial charge in [0.2, 0.25) is 6.29 Å². The van der Waals surface area contributed by atoms with Gasteiger partial charge in [0.25, 0.3) is 0 Å². The molecule has 1 aliphatic heterocycles. The van der Waals surface area contributed by atoms with Crippen LogP contribution < -0.4 is 15.3 Å². The summed E-state index contributed by atoms with van der Waals surface area (Å²) in [4.78, 5) is 12.5. The van der Waals surface area contributed by atoms with Crippen molar-refractivity contribution in [3.63, 3.8) is 0 Å². The number of rotatable bonds is 4. The number of ether oxygens (including phenoxy) is 2. The molecule has 0 amide bonds. The number of benzene rings is 2. The molecular weight excluding hydrogens is 428 g/mol. The van der Waals surface area contributed by atoms with Crippen molar-refractivity contribution >= 4 is 11.0 Å². The average molecular weight is 447 g/mol. The first kappa shape index (κ1) is 21.9. The number of phenolic OH excluding ortho intramolecular Hbond substituents is 2. The summed E-state index contributed by atoms with van der Waals surface area (Å²) in [7, 11) is 0. The lowest BCUT2D eigenvalue weighted by Crippen LogP contribution is -2.60. The Kier molecular flexibility index (Phi) is 5.67. The quantitative estimate of drug-likeness (QED) is 0.291. The normalized spacial score (nSPS) is 25.7. The molecule has 1 aromatic heterocycles. The van der Waals surface area contributed by atoms with Gasteiger partial charge in [-0.3, -0.25) is 4.79 Å². The summed E-state index contributed by atoms with van der Waals surface area (Å²) in [5.74, 6) is -1.75. The van der Waals surface area contributed by atoms with Crippen LogP contribution in [0.3, 0.4) is 0 Å². The van der Waals surface area contributed by atoms with Gasteiger partial charge in [-0.1, -0.05) is 17.9 Å².